The van der Waals surface area contributed by atoms with Crippen LogP contribution in [-0.2, 0) is 11.3 Å². The Labute approximate surface area is 183 Å². The van der Waals surface area contributed by atoms with Crippen molar-refractivity contribution in [2.24, 2.45) is 5.92 Å². The average Bonchev–Trinajstić information content (AvgIpc) is 2.69. The van der Waals surface area contributed by atoms with Gasteiger partial charge in [-0.05, 0) is 50.8 Å². The first-order valence-corrected chi connectivity index (χ1v) is 10.4. The number of fused-ring (bicyclic) bond motifs is 3. The van der Waals surface area contributed by atoms with Gasteiger partial charge in [0, 0.05) is 29.6 Å². The van der Waals surface area contributed by atoms with E-state index in [1.54, 1.807) is 24.5 Å². The van der Waals surface area contributed by atoms with E-state index in [9.17, 15) is 10.1 Å². The molecule has 1 aromatic heterocycles. The third kappa shape index (κ3) is 5.88. The topological polar surface area (TPSA) is 93.5 Å². The van der Waals surface area contributed by atoms with Crippen molar-refractivity contribution >= 4 is 6.09 Å². The molecule has 164 valence electrons. The van der Waals surface area contributed by atoms with Crippen molar-refractivity contribution in [3.8, 4) is 28.7 Å². The minimum absolute atomic E-state index is 0.214. The maximum Gasteiger partial charge on any atom is 0.407 e. The van der Waals surface area contributed by atoms with E-state index in [2.05, 4.69) is 30.2 Å². The van der Waals surface area contributed by atoms with Crippen LogP contribution in [0.5, 0.6) is 11.5 Å². The number of nitrogens with one attached hydrogen (secondary N) is 1. The molecule has 0 radical (unpaired) electrons. The smallest absolute Gasteiger partial charge is 0.407 e. The number of carbonyl (C=O) groups is 1. The van der Waals surface area contributed by atoms with Crippen LogP contribution >= 0.6 is 0 Å². The van der Waals surface area contributed by atoms with Crippen molar-refractivity contribution in [1.29, 1.82) is 5.26 Å². The maximum absolute atomic E-state index is 12.2. The Morgan fingerprint density at radius 2 is 2.10 bits per heavy atom. The summed E-state index contributed by atoms with van der Waals surface area (Å²) in [5, 5.41) is 12.6. The summed E-state index contributed by atoms with van der Waals surface area (Å²) >= 11 is 0. The van der Waals surface area contributed by atoms with Gasteiger partial charge in [-0.3, -0.25) is 4.98 Å². The van der Waals surface area contributed by atoms with E-state index in [1.807, 2.05) is 26.8 Å². The Kier molecular flexibility index (Phi) is 6.69. The molecule has 7 nitrogen and oxygen atoms in total. The van der Waals surface area contributed by atoms with Gasteiger partial charge in [0.2, 0.25) is 0 Å². The molecule has 1 aliphatic heterocycles. The number of hydrogen-bond donors (Lipinski definition) is 1. The summed E-state index contributed by atoms with van der Waals surface area (Å²) in [7, 11) is 0. The summed E-state index contributed by atoms with van der Waals surface area (Å²) in [6.07, 6.45) is 3.72. The highest BCUT2D eigenvalue weighted by atomic mass is 16.6. The van der Waals surface area contributed by atoms with Crippen LogP contribution in [0.15, 0.2) is 30.6 Å². The van der Waals surface area contributed by atoms with E-state index in [4.69, 9.17) is 14.2 Å². The second-order valence-corrected chi connectivity index (χ2v) is 9.06. The van der Waals surface area contributed by atoms with Gasteiger partial charge in [0.25, 0.3) is 0 Å². The summed E-state index contributed by atoms with van der Waals surface area (Å²) in [5.74, 6) is 1.43. The number of carbonyl (C=O) groups excluding carboxylic acids is 1. The van der Waals surface area contributed by atoms with Crippen LogP contribution in [0.2, 0.25) is 0 Å². The Morgan fingerprint density at radius 1 is 1.32 bits per heavy atom. The lowest BCUT2D eigenvalue weighted by Crippen LogP contribution is -2.42. The molecule has 0 bridgehead atoms. The maximum atomic E-state index is 12.2. The Balaban J connectivity index is 1.78. The fourth-order valence-electron chi connectivity index (χ4n) is 3.46. The molecule has 1 aromatic carbocycles. The number of nitrogens with zero attached hydrogens (tertiary/aromatic N) is 2. The SMILES string of the molecule is CC(C)C[C@@H](COc1cc2c(cc1C#N)-c1ccncc1CO2)NC(=O)OC(C)(C)C. The van der Waals surface area contributed by atoms with Crippen molar-refractivity contribution in [2.75, 3.05) is 6.61 Å². The van der Waals surface area contributed by atoms with Gasteiger partial charge in [0.1, 0.15) is 36.4 Å². The molecule has 0 saturated carbocycles. The highest BCUT2D eigenvalue weighted by Gasteiger charge is 2.23. The van der Waals surface area contributed by atoms with Crippen molar-refractivity contribution < 1.29 is 19.0 Å². The van der Waals surface area contributed by atoms with Gasteiger partial charge in [0.05, 0.1) is 11.6 Å². The molecule has 0 spiro atoms. The lowest BCUT2D eigenvalue weighted by molar-refractivity contribution is 0.0480. The molecule has 3 rings (SSSR count). The van der Waals surface area contributed by atoms with Crippen LogP contribution in [0.25, 0.3) is 11.1 Å². The predicted molar refractivity (Wildman–Crippen MR) is 117 cm³/mol. The monoisotopic (exact) mass is 423 g/mol. The van der Waals surface area contributed by atoms with Crippen molar-refractivity contribution in [3.63, 3.8) is 0 Å². The second kappa shape index (κ2) is 9.25. The van der Waals surface area contributed by atoms with Gasteiger partial charge < -0.3 is 19.5 Å². The summed E-state index contributed by atoms with van der Waals surface area (Å²) in [4.78, 5) is 16.4. The van der Waals surface area contributed by atoms with Gasteiger partial charge in [-0.25, -0.2) is 4.79 Å². The number of ether oxygens (including phenoxy) is 3. The largest absolute Gasteiger partial charge is 0.490 e. The van der Waals surface area contributed by atoms with E-state index >= 15 is 0 Å². The van der Waals surface area contributed by atoms with Crippen LogP contribution in [0.1, 0.15) is 52.2 Å². The minimum atomic E-state index is -0.580. The van der Waals surface area contributed by atoms with Crippen LogP contribution in [0.3, 0.4) is 0 Å². The molecule has 0 unspecified atom stereocenters. The summed E-state index contributed by atoms with van der Waals surface area (Å²) < 4.78 is 17.2. The van der Waals surface area contributed by atoms with Crippen LogP contribution in [0, 0.1) is 17.2 Å². The molecule has 31 heavy (non-hydrogen) atoms. The first kappa shape index (κ1) is 22.4. The molecule has 1 atom stereocenters. The summed E-state index contributed by atoms with van der Waals surface area (Å²) in [6, 6.07) is 7.39. The average molecular weight is 424 g/mol. The van der Waals surface area contributed by atoms with Crippen LogP contribution in [-0.4, -0.2) is 29.3 Å². The van der Waals surface area contributed by atoms with Crippen molar-refractivity contribution in [2.45, 2.75) is 59.3 Å². The molecule has 0 aliphatic carbocycles. The van der Waals surface area contributed by atoms with Crippen LogP contribution < -0.4 is 14.8 Å². The van der Waals surface area contributed by atoms with E-state index in [0.717, 1.165) is 16.7 Å². The highest BCUT2D eigenvalue weighted by Crippen LogP contribution is 2.41. The molecule has 2 aromatic rings. The van der Waals surface area contributed by atoms with E-state index in [1.165, 1.54) is 0 Å². The molecular formula is C24H29N3O4. The third-order valence-corrected chi connectivity index (χ3v) is 4.70. The molecule has 2 heterocycles. The van der Waals surface area contributed by atoms with Gasteiger partial charge in [-0.1, -0.05) is 13.8 Å². The normalized spacial score (nSPS) is 13.3. The Bertz CT molecular complexity index is 989. The number of nitriles is 1. The van der Waals surface area contributed by atoms with Gasteiger partial charge in [0.15, 0.2) is 0 Å². The number of amides is 1. The van der Waals surface area contributed by atoms with Crippen LogP contribution in [0.4, 0.5) is 4.79 Å². The molecule has 0 saturated heterocycles. The van der Waals surface area contributed by atoms with Crippen molar-refractivity contribution in [1.82, 2.24) is 10.3 Å². The zero-order valence-electron chi connectivity index (χ0n) is 18.7. The fraction of sp³-hybridized carbons (Fsp3) is 0.458. The zero-order valence-corrected chi connectivity index (χ0v) is 18.7. The van der Waals surface area contributed by atoms with Gasteiger partial charge in [-0.15, -0.1) is 0 Å². The fourth-order valence-corrected chi connectivity index (χ4v) is 3.46. The summed E-state index contributed by atoms with van der Waals surface area (Å²) in [6.45, 7) is 10.2. The number of hydrogen-bond acceptors (Lipinski definition) is 6. The van der Waals surface area contributed by atoms with Gasteiger partial charge >= 0.3 is 6.09 Å². The minimum Gasteiger partial charge on any atom is -0.490 e. The van der Waals surface area contributed by atoms with E-state index in [-0.39, 0.29) is 12.6 Å². The number of alkyl carbamates (subject to hydrolysis) is 1. The van der Waals surface area contributed by atoms with E-state index in [0.29, 0.717) is 36.0 Å². The third-order valence-electron chi connectivity index (χ3n) is 4.70. The second-order valence-electron chi connectivity index (χ2n) is 9.06. The number of rotatable bonds is 6. The number of aromatic nitrogens is 1. The molecule has 1 aliphatic rings. The molecule has 1 N–H and O–H groups in total. The lowest BCUT2D eigenvalue weighted by atomic mass is 9.97. The first-order valence-electron chi connectivity index (χ1n) is 10.4. The van der Waals surface area contributed by atoms with E-state index < -0.39 is 11.7 Å². The molecule has 7 heteroatoms. The standard InChI is InChI=1S/C24H29N3O4/c1-15(2)8-18(27-23(28)31-24(3,4)5)14-30-21-10-22-20(9-16(21)11-25)19-6-7-26-12-17(19)13-29-22/h6-7,9-10,12,15,18H,8,13-14H2,1-5H3,(H,27,28)/t18-/m0/s1. The molecule has 0 fully saturated rings. The Morgan fingerprint density at radius 3 is 2.77 bits per heavy atom. The summed E-state index contributed by atoms with van der Waals surface area (Å²) in [5.41, 5.74) is 2.66. The zero-order chi connectivity index (χ0) is 22.6. The lowest BCUT2D eigenvalue weighted by Gasteiger charge is -2.25. The van der Waals surface area contributed by atoms with Crippen molar-refractivity contribution in [3.05, 3.63) is 41.7 Å². The molecular weight excluding hydrogens is 394 g/mol. The number of benzene rings is 1. The number of pyridine rings is 1. The van der Waals surface area contributed by atoms with Gasteiger partial charge in [-0.2, -0.15) is 5.26 Å². The predicted octanol–water partition coefficient (Wildman–Crippen LogP) is 4.83. The Hall–Kier alpha value is -3.27. The quantitative estimate of drug-likeness (QED) is 0.715. The highest BCUT2D eigenvalue weighted by molar-refractivity contribution is 5.77. The first-order chi connectivity index (χ1) is 14.7. The molecule has 1 amide bonds.